The number of hydrogen-bond acceptors (Lipinski definition) is 4. The number of carboxylic acids is 1. The van der Waals surface area contributed by atoms with E-state index in [-0.39, 0.29) is 25.0 Å². The molecule has 180 valence electrons. The van der Waals surface area contributed by atoms with Gasteiger partial charge in [0.1, 0.15) is 6.61 Å². The minimum Gasteiger partial charge on any atom is -0.481 e. The number of nitrogens with one attached hydrogen (secondary N) is 1. The van der Waals surface area contributed by atoms with Gasteiger partial charge in [0.05, 0.1) is 11.6 Å². The highest BCUT2D eigenvalue weighted by molar-refractivity contribution is 14.1. The molecule has 1 unspecified atom stereocenters. The van der Waals surface area contributed by atoms with Crippen LogP contribution < -0.4 is 5.32 Å². The fourth-order valence-corrected chi connectivity index (χ4v) is 4.94. The molecule has 0 aliphatic heterocycles. The first-order valence-corrected chi connectivity index (χ1v) is 12.2. The van der Waals surface area contributed by atoms with Gasteiger partial charge in [-0.3, -0.25) is 14.9 Å². The van der Waals surface area contributed by atoms with Crippen molar-refractivity contribution in [2.45, 2.75) is 12.8 Å². The van der Waals surface area contributed by atoms with Crippen LogP contribution in [-0.4, -0.2) is 48.2 Å². The monoisotopic (exact) mass is 584 g/mol. The summed E-state index contributed by atoms with van der Waals surface area (Å²) in [5, 5.41) is 11.8. The zero-order valence-electron chi connectivity index (χ0n) is 19.3. The minimum absolute atomic E-state index is 0.0315. The number of rotatable bonds is 7. The average molecular weight is 584 g/mol. The Morgan fingerprint density at radius 3 is 2.20 bits per heavy atom. The summed E-state index contributed by atoms with van der Waals surface area (Å²) in [5.41, 5.74) is 5.54. The summed E-state index contributed by atoms with van der Waals surface area (Å²) in [4.78, 5) is 37.7. The zero-order valence-corrected chi connectivity index (χ0v) is 21.5. The smallest absolute Gasteiger partial charge is 0.411 e. The van der Waals surface area contributed by atoms with Crippen LogP contribution in [0.1, 0.15) is 34.3 Å². The van der Waals surface area contributed by atoms with E-state index in [1.807, 2.05) is 46.9 Å². The third-order valence-corrected chi connectivity index (χ3v) is 7.00. The van der Waals surface area contributed by atoms with Crippen LogP contribution >= 0.6 is 22.6 Å². The maximum atomic E-state index is 12.7. The van der Waals surface area contributed by atoms with E-state index in [1.54, 1.807) is 32.2 Å². The lowest BCUT2D eigenvalue weighted by atomic mass is 9.98. The largest absolute Gasteiger partial charge is 0.481 e. The molecule has 1 aliphatic rings. The van der Waals surface area contributed by atoms with Crippen LogP contribution in [0.4, 0.5) is 10.5 Å². The summed E-state index contributed by atoms with van der Waals surface area (Å²) in [6.45, 7) is 1.86. The maximum absolute atomic E-state index is 12.7. The van der Waals surface area contributed by atoms with E-state index in [2.05, 4.69) is 29.6 Å². The second-order valence-corrected chi connectivity index (χ2v) is 9.73. The molecule has 0 radical (unpaired) electrons. The van der Waals surface area contributed by atoms with Gasteiger partial charge < -0.3 is 14.7 Å². The van der Waals surface area contributed by atoms with Crippen LogP contribution in [0.5, 0.6) is 0 Å². The fraction of sp³-hybridized carbons (Fsp3) is 0.222. The van der Waals surface area contributed by atoms with E-state index in [9.17, 15) is 14.4 Å². The Morgan fingerprint density at radius 1 is 1.03 bits per heavy atom. The van der Waals surface area contributed by atoms with E-state index < -0.39 is 18.0 Å². The van der Waals surface area contributed by atoms with Gasteiger partial charge in [-0.1, -0.05) is 55.5 Å². The van der Waals surface area contributed by atoms with Gasteiger partial charge in [-0.25, -0.2) is 4.79 Å². The molecule has 7 nitrogen and oxygen atoms in total. The molecule has 2 N–H and O–H groups in total. The number of ether oxygens (including phenoxy) is 1. The average Bonchev–Trinajstić information content (AvgIpc) is 3.17. The van der Waals surface area contributed by atoms with Crippen LogP contribution in [0.3, 0.4) is 0 Å². The standard InChI is InChI=1S/C27H25IN2O5/c1-16(26(32)33)14-30(2)25(31)17-11-12-24(23(28)13-17)29-27(34)35-15-22-20-9-5-3-7-18(20)19-8-4-6-10-21(19)22/h3-13,16,22H,14-15H2,1-2H3,(H,29,34)(H,32,33). The second kappa shape index (κ2) is 10.5. The van der Waals surface area contributed by atoms with Crippen molar-refractivity contribution in [3.8, 4) is 11.1 Å². The van der Waals surface area contributed by atoms with Crippen LogP contribution in [-0.2, 0) is 9.53 Å². The molecule has 3 aromatic rings. The van der Waals surface area contributed by atoms with Gasteiger partial charge in [-0.2, -0.15) is 0 Å². The topological polar surface area (TPSA) is 95.9 Å². The van der Waals surface area contributed by atoms with Crippen molar-refractivity contribution in [1.82, 2.24) is 4.90 Å². The highest BCUT2D eigenvalue weighted by Gasteiger charge is 2.29. The predicted octanol–water partition coefficient (Wildman–Crippen LogP) is 5.44. The summed E-state index contributed by atoms with van der Waals surface area (Å²) in [6.07, 6.45) is -0.573. The Kier molecular flexibility index (Phi) is 7.39. The number of halogens is 1. The van der Waals surface area contributed by atoms with Gasteiger partial charge in [0.15, 0.2) is 0 Å². The number of fused-ring (bicyclic) bond motifs is 3. The van der Waals surface area contributed by atoms with E-state index in [0.29, 0.717) is 14.8 Å². The van der Waals surface area contributed by atoms with E-state index >= 15 is 0 Å². The number of hydrogen-bond donors (Lipinski definition) is 2. The number of amides is 2. The lowest BCUT2D eigenvalue weighted by Gasteiger charge is -2.20. The molecule has 2 amide bonds. The van der Waals surface area contributed by atoms with Crippen molar-refractivity contribution >= 4 is 46.2 Å². The van der Waals surface area contributed by atoms with Crippen LogP contribution in [0, 0.1) is 9.49 Å². The molecule has 0 saturated heterocycles. The Morgan fingerprint density at radius 2 is 1.63 bits per heavy atom. The van der Waals surface area contributed by atoms with E-state index in [0.717, 1.165) is 22.3 Å². The van der Waals surface area contributed by atoms with Gasteiger partial charge in [0, 0.05) is 28.6 Å². The Balaban J connectivity index is 1.39. The Bertz CT molecular complexity index is 1250. The molecule has 0 fully saturated rings. The summed E-state index contributed by atoms with van der Waals surface area (Å²) in [5.74, 6) is -1.95. The number of anilines is 1. The van der Waals surface area contributed by atoms with Crippen LogP contribution in [0.2, 0.25) is 0 Å². The predicted molar refractivity (Wildman–Crippen MR) is 142 cm³/mol. The van der Waals surface area contributed by atoms with Gasteiger partial charge in [-0.15, -0.1) is 0 Å². The van der Waals surface area contributed by atoms with Crippen molar-refractivity contribution < 1.29 is 24.2 Å². The zero-order chi connectivity index (χ0) is 25.1. The quantitative estimate of drug-likeness (QED) is 0.361. The highest BCUT2D eigenvalue weighted by Crippen LogP contribution is 2.44. The molecule has 0 aromatic heterocycles. The van der Waals surface area contributed by atoms with Crippen molar-refractivity contribution in [2.24, 2.45) is 5.92 Å². The first-order valence-electron chi connectivity index (χ1n) is 11.2. The van der Waals surface area contributed by atoms with Crippen LogP contribution in [0.25, 0.3) is 11.1 Å². The molecule has 1 aliphatic carbocycles. The summed E-state index contributed by atoms with van der Waals surface area (Å²) < 4.78 is 6.26. The first-order chi connectivity index (χ1) is 16.8. The second-order valence-electron chi connectivity index (χ2n) is 8.57. The van der Waals surface area contributed by atoms with Gasteiger partial charge >= 0.3 is 12.1 Å². The van der Waals surface area contributed by atoms with Crippen LogP contribution in [0.15, 0.2) is 66.7 Å². The number of carbonyl (C=O) groups is 3. The molecular weight excluding hydrogens is 559 g/mol. The Labute approximate surface area is 217 Å². The highest BCUT2D eigenvalue weighted by atomic mass is 127. The van der Waals surface area contributed by atoms with Gasteiger partial charge in [0.2, 0.25) is 0 Å². The fourth-order valence-electron chi connectivity index (χ4n) is 4.29. The Hall–Kier alpha value is -3.40. The minimum atomic E-state index is -0.957. The number of carboxylic acid groups (broad SMARTS) is 1. The summed E-state index contributed by atoms with van der Waals surface area (Å²) in [7, 11) is 1.57. The molecule has 0 saturated carbocycles. The molecule has 3 aromatic carbocycles. The molecule has 4 rings (SSSR count). The first kappa shape index (κ1) is 24.7. The molecule has 0 spiro atoms. The maximum Gasteiger partial charge on any atom is 0.411 e. The third-order valence-electron chi connectivity index (χ3n) is 6.11. The lowest BCUT2D eigenvalue weighted by Crippen LogP contribution is -2.33. The van der Waals surface area contributed by atoms with E-state index in [4.69, 9.17) is 9.84 Å². The van der Waals surface area contributed by atoms with E-state index in [1.165, 1.54) is 4.90 Å². The molecule has 1 atom stereocenters. The molecule has 0 bridgehead atoms. The third kappa shape index (κ3) is 5.32. The number of aliphatic carboxylic acids is 1. The SMILES string of the molecule is CC(CN(C)C(=O)c1ccc(NC(=O)OCC2c3ccccc3-c3ccccc32)c(I)c1)C(=O)O. The van der Waals surface area contributed by atoms with Crippen molar-refractivity contribution in [2.75, 3.05) is 25.5 Å². The molecular formula is C27H25IN2O5. The number of benzene rings is 3. The number of carbonyl (C=O) groups excluding carboxylic acids is 2. The summed E-state index contributed by atoms with van der Waals surface area (Å²) >= 11 is 2.04. The van der Waals surface area contributed by atoms with Crippen molar-refractivity contribution in [3.63, 3.8) is 0 Å². The summed E-state index contributed by atoms with van der Waals surface area (Å²) in [6, 6.07) is 21.2. The number of nitrogens with zero attached hydrogens (tertiary/aromatic N) is 1. The lowest BCUT2D eigenvalue weighted by molar-refractivity contribution is -0.141. The molecule has 0 heterocycles. The van der Waals surface area contributed by atoms with Crippen molar-refractivity contribution in [3.05, 3.63) is 87.0 Å². The van der Waals surface area contributed by atoms with Gasteiger partial charge in [-0.05, 0) is 63.0 Å². The molecule has 8 heteroatoms. The molecule has 35 heavy (non-hydrogen) atoms. The normalized spacial score (nSPS) is 12.9. The van der Waals surface area contributed by atoms with Gasteiger partial charge in [0.25, 0.3) is 5.91 Å². The van der Waals surface area contributed by atoms with Crippen molar-refractivity contribution in [1.29, 1.82) is 0 Å².